The highest BCUT2D eigenvalue weighted by Crippen LogP contribution is 2.40. The van der Waals surface area contributed by atoms with E-state index in [1.165, 1.54) is 36.0 Å². The van der Waals surface area contributed by atoms with Crippen molar-refractivity contribution >= 4 is 5.97 Å². The number of ether oxygens (including phenoxy) is 1. The largest absolute Gasteiger partial charge is 0.466 e. The molecule has 2 nitrogen and oxygen atoms in total. The van der Waals surface area contributed by atoms with E-state index in [9.17, 15) is 4.79 Å². The van der Waals surface area contributed by atoms with Gasteiger partial charge < -0.3 is 4.74 Å². The van der Waals surface area contributed by atoms with Gasteiger partial charge in [-0.05, 0) is 56.9 Å². The third-order valence-corrected chi connectivity index (χ3v) is 4.65. The van der Waals surface area contributed by atoms with Gasteiger partial charge in [-0.15, -0.1) is 0 Å². The molecule has 0 aromatic rings. The lowest BCUT2D eigenvalue weighted by molar-refractivity contribution is -0.143. The molecule has 0 amide bonds. The number of hydrogen-bond donors (Lipinski definition) is 0. The lowest BCUT2D eigenvalue weighted by atomic mass is 9.72. The first-order valence-corrected chi connectivity index (χ1v) is 9.15. The first kappa shape index (κ1) is 20.5. The molecule has 24 heavy (non-hydrogen) atoms. The van der Waals surface area contributed by atoms with Crippen LogP contribution in [0.15, 0.2) is 47.1 Å². The normalized spacial score (nSPS) is 20.0. The Morgan fingerprint density at radius 1 is 1.38 bits per heavy atom. The highest BCUT2D eigenvalue weighted by molar-refractivity contribution is 5.69. The van der Waals surface area contributed by atoms with Gasteiger partial charge >= 0.3 is 5.97 Å². The molecule has 1 aliphatic rings. The SMILES string of the molecule is CCOC(=O)C[C@H](C)\C=C/C=C(C)/C=C/C1=C(C)CCCC1(C)C. The monoisotopic (exact) mass is 330 g/mol. The second-order valence-corrected chi connectivity index (χ2v) is 7.55. The van der Waals surface area contributed by atoms with Crippen LogP contribution in [0.3, 0.4) is 0 Å². The molecule has 2 heteroatoms. The van der Waals surface area contributed by atoms with Gasteiger partial charge in [0.1, 0.15) is 0 Å². The summed E-state index contributed by atoms with van der Waals surface area (Å²) in [7, 11) is 0. The van der Waals surface area contributed by atoms with Crippen LogP contribution < -0.4 is 0 Å². The Hall–Kier alpha value is -1.57. The van der Waals surface area contributed by atoms with Crippen LogP contribution >= 0.6 is 0 Å². The molecule has 0 fully saturated rings. The average molecular weight is 331 g/mol. The maximum absolute atomic E-state index is 11.4. The third kappa shape index (κ3) is 6.90. The summed E-state index contributed by atoms with van der Waals surface area (Å²) in [4.78, 5) is 11.4. The van der Waals surface area contributed by atoms with Gasteiger partial charge in [-0.1, -0.05) is 62.3 Å². The minimum absolute atomic E-state index is 0.128. The van der Waals surface area contributed by atoms with Crippen molar-refractivity contribution < 1.29 is 9.53 Å². The summed E-state index contributed by atoms with van der Waals surface area (Å²) < 4.78 is 4.97. The van der Waals surface area contributed by atoms with Gasteiger partial charge in [-0.25, -0.2) is 0 Å². The predicted octanol–water partition coefficient (Wildman–Crippen LogP) is 6.16. The summed E-state index contributed by atoms with van der Waals surface area (Å²) in [5, 5.41) is 0. The molecule has 0 aliphatic heterocycles. The summed E-state index contributed by atoms with van der Waals surface area (Å²) in [6.45, 7) is 13.4. The Morgan fingerprint density at radius 2 is 2.08 bits per heavy atom. The molecule has 0 spiro atoms. The van der Waals surface area contributed by atoms with Crippen molar-refractivity contribution in [2.45, 2.75) is 67.2 Å². The van der Waals surface area contributed by atoms with Crippen molar-refractivity contribution in [3.8, 4) is 0 Å². The number of rotatable bonds is 7. The van der Waals surface area contributed by atoms with E-state index in [1.54, 1.807) is 0 Å². The average Bonchev–Trinajstić information content (AvgIpc) is 2.46. The molecular formula is C22H34O2. The fourth-order valence-corrected chi connectivity index (χ4v) is 3.23. The Balaban J connectivity index is 2.63. The van der Waals surface area contributed by atoms with Crippen molar-refractivity contribution in [3.05, 3.63) is 47.1 Å². The lowest BCUT2D eigenvalue weighted by Crippen LogP contribution is -2.19. The molecule has 0 unspecified atom stereocenters. The van der Waals surface area contributed by atoms with Gasteiger partial charge in [0.15, 0.2) is 0 Å². The lowest BCUT2D eigenvalue weighted by Gasteiger charge is -2.32. The minimum atomic E-state index is -0.128. The molecule has 134 valence electrons. The van der Waals surface area contributed by atoms with E-state index < -0.39 is 0 Å². The Labute approximate surface area is 148 Å². The van der Waals surface area contributed by atoms with Crippen molar-refractivity contribution in [1.82, 2.24) is 0 Å². The summed E-state index contributed by atoms with van der Waals surface area (Å²) in [5.41, 5.74) is 4.51. The van der Waals surface area contributed by atoms with Gasteiger partial charge in [0.25, 0.3) is 0 Å². The van der Waals surface area contributed by atoms with Gasteiger partial charge in [0, 0.05) is 0 Å². The number of allylic oxidation sites excluding steroid dienone is 8. The zero-order valence-electron chi connectivity index (χ0n) is 16.3. The summed E-state index contributed by atoms with van der Waals surface area (Å²) in [5.74, 6) is 0.0662. The first-order chi connectivity index (χ1) is 11.3. The van der Waals surface area contributed by atoms with E-state index in [-0.39, 0.29) is 17.3 Å². The van der Waals surface area contributed by atoms with Crippen LogP contribution in [0.1, 0.15) is 67.2 Å². The first-order valence-electron chi connectivity index (χ1n) is 9.15. The van der Waals surface area contributed by atoms with Crippen LogP contribution in [-0.2, 0) is 9.53 Å². The molecule has 1 aliphatic carbocycles. The highest BCUT2D eigenvalue weighted by Gasteiger charge is 2.26. The van der Waals surface area contributed by atoms with Crippen LogP contribution in [0.2, 0.25) is 0 Å². The van der Waals surface area contributed by atoms with E-state index in [4.69, 9.17) is 4.74 Å². The Bertz CT molecular complexity index is 544. The van der Waals surface area contributed by atoms with Crippen molar-refractivity contribution in [2.24, 2.45) is 11.3 Å². The molecule has 0 aromatic carbocycles. The third-order valence-electron chi connectivity index (χ3n) is 4.65. The van der Waals surface area contributed by atoms with Gasteiger partial charge in [0.05, 0.1) is 13.0 Å². The fourth-order valence-electron chi connectivity index (χ4n) is 3.23. The topological polar surface area (TPSA) is 26.3 Å². The zero-order valence-corrected chi connectivity index (χ0v) is 16.3. The quantitative estimate of drug-likeness (QED) is 0.412. The molecule has 1 rings (SSSR count). The number of hydrogen-bond acceptors (Lipinski definition) is 2. The van der Waals surface area contributed by atoms with Crippen molar-refractivity contribution in [1.29, 1.82) is 0 Å². The molecule has 0 radical (unpaired) electrons. The molecule has 0 heterocycles. The summed E-state index contributed by atoms with van der Waals surface area (Å²) >= 11 is 0. The zero-order chi connectivity index (χ0) is 18.2. The number of carbonyl (C=O) groups excluding carboxylic acids is 1. The van der Waals surface area contributed by atoms with Crippen molar-refractivity contribution in [3.63, 3.8) is 0 Å². The van der Waals surface area contributed by atoms with Crippen LogP contribution in [0.25, 0.3) is 0 Å². The number of esters is 1. The van der Waals surface area contributed by atoms with Crippen LogP contribution in [0, 0.1) is 11.3 Å². The Morgan fingerprint density at radius 3 is 2.71 bits per heavy atom. The predicted molar refractivity (Wildman–Crippen MR) is 103 cm³/mol. The van der Waals surface area contributed by atoms with Gasteiger partial charge in [0.2, 0.25) is 0 Å². The fraction of sp³-hybridized carbons (Fsp3) is 0.591. The maximum Gasteiger partial charge on any atom is 0.306 e. The van der Waals surface area contributed by atoms with Gasteiger partial charge in [-0.3, -0.25) is 4.79 Å². The second-order valence-electron chi connectivity index (χ2n) is 7.55. The number of carbonyl (C=O) groups is 1. The van der Waals surface area contributed by atoms with E-state index >= 15 is 0 Å². The molecule has 0 saturated heterocycles. The van der Waals surface area contributed by atoms with E-state index in [0.717, 1.165) is 0 Å². The van der Waals surface area contributed by atoms with E-state index in [1.807, 2.05) is 19.9 Å². The van der Waals surface area contributed by atoms with Crippen LogP contribution in [0.5, 0.6) is 0 Å². The second kappa shape index (κ2) is 9.66. The molecule has 1 atom stereocenters. The minimum Gasteiger partial charge on any atom is -0.466 e. The van der Waals surface area contributed by atoms with E-state index in [2.05, 4.69) is 52.0 Å². The van der Waals surface area contributed by atoms with Crippen LogP contribution in [-0.4, -0.2) is 12.6 Å². The smallest absolute Gasteiger partial charge is 0.306 e. The van der Waals surface area contributed by atoms with E-state index in [0.29, 0.717) is 13.0 Å². The van der Waals surface area contributed by atoms with Gasteiger partial charge in [-0.2, -0.15) is 0 Å². The van der Waals surface area contributed by atoms with Crippen molar-refractivity contribution in [2.75, 3.05) is 6.61 Å². The maximum atomic E-state index is 11.4. The molecule has 0 N–H and O–H groups in total. The summed E-state index contributed by atoms with van der Waals surface area (Å²) in [6.07, 6.45) is 14.9. The molecule has 0 aromatic heterocycles. The summed E-state index contributed by atoms with van der Waals surface area (Å²) in [6, 6.07) is 0. The molecule has 0 bridgehead atoms. The van der Waals surface area contributed by atoms with Crippen LogP contribution in [0.4, 0.5) is 0 Å². The molecular weight excluding hydrogens is 296 g/mol. The standard InChI is InChI=1S/C22H34O2/c1-7-24-21(23)16-18(3)11-8-10-17(2)13-14-20-19(4)12-9-15-22(20,5)6/h8,10-11,13-14,18H,7,9,12,15-16H2,1-6H3/b11-8-,14-13+,17-10+/t18-/m1/s1. The highest BCUT2D eigenvalue weighted by atomic mass is 16.5. The molecule has 0 saturated carbocycles. The Kier molecular flexibility index (Phi) is 8.24.